The van der Waals surface area contributed by atoms with E-state index in [-0.39, 0.29) is 12.6 Å². The van der Waals surface area contributed by atoms with Gasteiger partial charge in [0, 0.05) is 12.6 Å². The molecule has 0 saturated heterocycles. The lowest BCUT2D eigenvalue weighted by atomic mass is 10.0. The molecule has 1 rings (SSSR count). The Morgan fingerprint density at radius 2 is 1.89 bits per heavy atom. The lowest BCUT2D eigenvalue weighted by Crippen LogP contribution is -2.25. The van der Waals surface area contributed by atoms with Crippen LogP contribution in [0, 0.1) is 11.6 Å². The van der Waals surface area contributed by atoms with Crippen LogP contribution in [0.3, 0.4) is 0 Å². The molecule has 6 heteroatoms. The first-order valence-corrected chi connectivity index (χ1v) is 5.54. The van der Waals surface area contributed by atoms with Crippen LogP contribution in [0.15, 0.2) is 18.2 Å². The molecule has 0 amide bonds. The first kappa shape index (κ1) is 14.9. The SMILES string of the molecule is NC(CCOCC(F)F)Cc1ccc(F)c(F)c1. The predicted molar refractivity (Wildman–Crippen MR) is 59.5 cm³/mol. The summed E-state index contributed by atoms with van der Waals surface area (Å²) in [6, 6.07) is 3.21. The van der Waals surface area contributed by atoms with Gasteiger partial charge in [-0.2, -0.15) is 0 Å². The van der Waals surface area contributed by atoms with E-state index in [0.717, 1.165) is 12.1 Å². The number of benzene rings is 1. The van der Waals surface area contributed by atoms with Crippen LogP contribution in [0.5, 0.6) is 0 Å². The normalized spacial score (nSPS) is 13.0. The summed E-state index contributed by atoms with van der Waals surface area (Å²) < 4.78 is 53.8. The van der Waals surface area contributed by atoms with Crippen LogP contribution >= 0.6 is 0 Å². The summed E-state index contributed by atoms with van der Waals surface area (Å²) >= 11 is 0. The quantitative estimate of drug-likeness (QED) is 0.607. The van der Waals surface area contributed by atoms with Crippen LogP contribution in [-0.2, 0) is 11.2 Å². The van der Waals surface area contributed by atoms with Gasteiger partial charge in [0.25, 0.3) is 6.43 Å². The monoisotopic (exact) mass is 265 g/mol. The molecule has 0 aliphatic rings. The molecule has 1 unspecified atom stereocenters. The van der Waals surface area contributed by atoms with Gasteiger partial charge in [-0.25, -0.2) is 17.6 Å². The third kappa shape index (κ3) is 5.46. The molecule has 0 bridgehead atoms. The number of hydrogen-bond donors (Lipinski definition) is 1. The van der Waals surface area contributed by atoms with Gasteiger partial charge in [-0.15, -0.1) is 0 Å². The van der Waals surface area contributed by atoms with E-state index in [9.17, 15) is 17.6 Å². The molecule has 102 valence electrons. The zero-order chi connectivity index (χ0) is 13.5. The van der Waals surface area contributed by atoms with Crippen molar-refractivity contribution in [1.29, 1.82) is 0 Å². The molecule has 0 radical (unpaired) electrons. The maximum Gasteiger partial charge on any atom is 0.261 e. The zero-order valence-electron chi connectivity index (χ0n) is 9.71. The molecule has 2 nitrogen and oxygen atoms in total. The molecule has 1 aromatic carbocycles. The van der Waals surface area contributed by atoms with Gasteiger partial charge >= 0.3 is 0 Å². The Labute approximate surface area is 103 Å². The lowest BCUT2D eigenvalue weighted by Gasteiger charge is -2.12. The maximum atomic E-state index is 12.9. The van der Waals surface area contributed by atoms with Gasteiger partial charge in [0.15, 0.2) is 11.6 Å². The highest BCUT2D eigenvalue weighted by Gasteiger charge is 2.08. The van der Waals surface area contributed by atoms with E-state index < -0.39 is 24.7 Å². The number of ether oxygens (including phenoxy) is 1. The largest absolute Gasteiger partial charge is 0.375 e. The third-order valence-corrected chi connectivity index (χ3v) is 2.36. The van der Waals surface area contributed by atoms with Gasteiger partial charge < -0.3 is 10.5 Å². The fourth-order valence-corrected chi connectivity index (χ4v) is 1.48. The first-order chi connectivity index (χ1) is 8.49. The molecule has 1 atom stereocenters. The average molecular weight is 265 g/mol. The van der Waals surface area contributed by atoms with Crippen LogP contribution in [0.4, 0.5) is 17.6 Å². The molecule has 0 aromatic heterocycles. The van der Waals surface area contributed by atoms with E-state index in [1.807, 2.05) is 0 Å². The van der Waals surface area contributed by atoms with Gasteiger partial charge in [0.2, 0.25) is 0 Å². The summed E-state index contributed by atoms with van der Waals surface area (Å²) in [6.07, 6.45) is -1.77. The average Bonchev–Trinajstić information content (AvgIpc) is 2.29. The molecule has 1 aromatic rings. The van der Waals surface area contributed by atoms with E-state index in [1.165, 1.54) is 6.07 Å². The van der Waals surface area contributed by atoms with Crippen molar-refractivity contribution >= 4 is 0 Å². The Morgan fingerprint density at radius 1 is 1.17 bits per heavy atom. The predicted octanol–water partition coefficient (Wildman–Crippen LogP) is 2.51. The second kappa shape index (κ2) is 7.33. The molecule has 0 heterocycles. The Bertz CT molecular complexity index is 373. The standard InChI is InChI=1S/C12H15F4NO/c13-10-2-1-8(6-11(10)14)5-9(17)3-4-18-7-12(15)16/h1-2,6,9,12H,3-5,7,17H2. The maximum absolute atomic E-state index is 12.9. The summed E-state index contributed by atoms with van der Waals surface area (Å²) in [5.74, 6) is -1.83. The molecular weight excluding hydrogens is 250 g/mol. The molecule has 2 N–H and O–H groups in total. The lowest BCUT2D eigenvalue weighted by molar-refractivity contribution is 0.0153. The van der Waals surface area contributed by atoms with Crippen molar-refractivity contribution in [1.82, 2.24) is 0 Å². The Morgan fingerprint density at radius 3 is 2.50 bits per heavy atom. The van der Waals surface area contributed by atoms with Crippen LogP contribution in [-0.4, -0.2) is 25.7 Å². The smallest absolute Gasteiger partial charge is 0.261 e. The van der Waals surface area contributed by atoms with E-state index in [4.69, 9.17) is 5.73 Å². The third-order valence-electron chi connectivity index (χ3n) is 2.36. The molecule has 18 heavy (non-hydrogen) atoms. The summed E-state index contributed by atoms with van der Waals surface area (Å²) in [5.41, 5.74) is 6.29. The van der Waals surface area contributed by atoms with E-state index in [0.29, 0.717) is 18.4 Å². The minimum atomic E-state index is -2.49. The molecule has 0 fully saturated rings. The molecule has 0 aliphatic heterocycles. The molecule has 0 aliphatic carbocycles. The van der Waals surface area contributed by atoms with Crippen molar-refractivity contribution in [3.8, 4) is 0 Å². The van der Waals surface area contributed by atoms with Crippen molar-refractivity contribution in [2.75, 3.05) is 13.2 Å². The highest BCUT2D eigenvalue weighted by molar-refractivity contribution is 5.18. The first-order valence-electron chi connectivity index (χ1n) is 5.54. The Hall–Kier alpha value is -1.14. The molecule has 0 spiro atoms. The second-order valence-corrected chi connectivity index (χ2v) is 3.97. The minimum absolute atomic E-state index is 0.120. The van der Waals surface area contributed by atoms with Gasteiger partial charge in [0.05, 0.1) is 0 Å². The number of nitrogens with two attached hydrogens (primary N) is 1. The molecule has 0 saturated carbocycles. The fraction of sp³-hybridized carbons (Fsp3) is 0.500. The number of halogens is 4. The highest BCUT2D eigenvalue weighted by atomic mass is 19.3. The zero-order valence-corrected chi connectivity index (χ0v) is 9.71. The van der Waals surface area contributed by atoms with E-state index in [1.54, 1.807) is 0 Å². The van der Waals surface area contributed by atoms with Crippen LogP contribution in [0.1, 0.15) is 12.0 Å². The second-order valence-electron chi connectivity index (χ2n) is 3.97. The van der Waals surface area contributed by atoms with E-state index >= 15 is 0 Å². The number of alkyl halides is 2. The van der Waals surface area contributed by atoms with Crippen molar-refractivity contribution < 1.29 is 22.3 Å². The van der Waals surface area contributed by atoms with Crippen molar-refractivity contribution in [2.24, 2.45) is 5.73 Å². The fourth-order valence-electron chi connectivity index (χ4n) is 1.48. The topological polar surface area (TPSA) is 35.2 Å². The number of rotatable bonds is 7. The van der Waals surface area contributed by atoms with Gasteiger partial charge in [-0.05, 0) is 30.5 Å². The van der Waals surface area contributed by atoms with Crippen molar-refractivity contribution in [3.05, 3.63) is 35.4 Å². The minimum Gasteiger partial charge on any atom is -0.375 e. The molecular formula is C12H15F4NO. The van der Waals surface area contributed by atoms with Gasteiger partial charge in [0.1, 0.15) is 6.61 Å². The van der Waals surface area contributed by atoms with Gasteiger partial charge in [-0.1, -0.05) is 6.07 Å². The Kier molecular flexibility index (Phi) is 6.07. The Balaban J connectivity index is 2.31. The highest BCUT2D eigenvalue weighted by Crippen LogP contribution is 2.11. The summed E-state index contributed by atoms with van der Waals surface area (Å²) in [4.78, 5) is 0. The van der Waals surface area contributed by atoms with Gasteiger partial charge in [-0.3, -0.25) is 0 Å². The van der Waals surface area contributed by atoms with Crippen LogP contribution in [0.25, 0.3) is 0 Å². The summed E-state index contributed by atoms with van der Waals surface area (Å²) in [7, 11) is 0. The van der Waals surface area contributed by atoms with Crippen molar-refractivity contribution in [2.45, 2.75) is 25.3 Å². The van der Waals surface area contributed by atoms with Crippen LogP contribution < -0.4 is 5.73 Å². The van der Waals surface area contributed by atoms with E-state index in [2.05, 4.69) is 4.74 Å². The van der Waals surface area contributed by atoms with Crippen molar-refractivity contribution in [3.63, 3.8) is 0 Å². The number of hydrogen-bond acceptors (Lipinski definition) is 2. The summed E-state index contributed by atoms with van der Waals surface area (Å²) in [6.45, 7) is -0.493. The summed E-state index contributed by atoms with van der Waals surface area (Å²) in [5, 5.41) is 0. The van der Waals surface area contributed by atoms with Crippen LogP contribution in [0.2, 0.25) is 0 Å².